The third-order valence-corrected chi connectivity index (χ3v) is 4.25. The monoisotopic (exact) mass is 355 g/mol. The lowest BCUT2D eigenvalue weighted by atomic mass is 10.1. The van der Waals surface area contributed by atoms with Crippen molar-refractivity contribution in [3.05, 3.63) is 47.5 Å². The Balaban J connectivity index is 1.70. The number of carbonyl (C=O) groups is 1. The minimum absolute atomic E-state index is 0.0586. The molecule has 0 radical (unpaired) electrons. The number of benzene rings is 2. The normalized spacial score (nSPS) is 13.5. The summed E-state index contributed by atoms with van der Waals surface area (Å²) in [6.45, 7) is 2.55. The second kappa shape index (κ2) is 6.22. The van der Waals surface area contributed by atoms with E-state index in [9.17, 15) is 4.79 Å². The second-order valence-corrected chi connectivity index (χ2v) is 5.98. The smallest absolute Gasteiger partial charge is 0.265 e. The Hall–Kier alpha value is -2.86. The van der Waals surface area contributed by atoms with E-state index in [1.54, 1.807) is 17.0 Å². The summed E-state index contributed by atoms with van der Waals surface area (Å²) in [7, 11) is 0. The minimum Gasteiger partial charge on any atom is -0.482 e. The number of nitrogens with zero attached hydrogens (tertiary/aromatic N) is 3. The maximum Gasteiger partial charge on any atom is 0.265 e. The molecule has 0 aliphatic carbocycles. The number of amides is 1. The van der Waals surface area contributed by atoms with Crippen molar-refractivity contribution in [2.75, 3.05) is 18.1 Å². The Kier molecular flexibility index (Phi) is 3.89. The molecule has 25 heavy (non-hydrogen) atoms. The van der Waals surface area contributed by atoms with Gasteiger partial charge in [-0.3, -0.25) is 4.79 Å². The quantitative estimate of drug-likeness (QED) is 0.714. The van der Waals surface area contributed by atoms with Crippen LogP contribution >= 0.6 is 11.6 Å². The third kappa shape index (κ3) is 2.85. The highest BCUT2D eigenvalue weighted by Gasteiger charge is 2.25. The SMILES string of the molecule is CCN1C(=O)COc2ccc(-c3noc(-c4ccc(Cl)cc4)n3)cc21. The van der Waals surface area contributed by atoms with Gasteiger partial charge in [0.2, 0.25) is 5.82 Å². The topological polar surface area (TPSA) is 68.5 Å². The van der Waals surface area contributed by atoms with E-state index in [1.165, 1.54) is 0 Å². The minimum atomic E-state index is -0.0675. The number of hydrogen-bond acceptors (Lipinski definition) is 5. The largest absolute Gasteiger partial charge is 0.482 e. The first kappa shape index (κ1) is 15.7. The Morgan fingerprint density at radius 2 is 1.92 bits per heavy atom. The van der Waals surface area contributed by atoms with Crippen LogP contribution in [0.25, 0.3) is 22.8 Å². The highest BCUT2D eigenvalue weighted by Crippen LogP contribution is 2.35. The van der Waals surface area contributed by atoms with Gasteiger partial charge in [0.15, 0.2) is 6.61 Å². The van der Waals surface area contributed by atoms with Crippen molar-refractivity contribution in [2.24, 2.45) is 0 Å². The molecule has 3 aromatic rings. The zero-order valence-electron chi connectivity index (χ0n) is 13.4. The van der Waals surface area contributed by atoms with Crippen LogP contribution in [0.1, 0.15) is 6.92 Å². The van der Waals surface area contributed by atoms with Crippen LogP contribution in [-0.2, 0) is 4.79 Å². The summed E-state index contributed by atoms with van der Waals surface area (Å²) in [6.07, 6.45) is 0. The van der Waals surface area contributed by atoms with Crippen LogP contribution in [-0.4, -0.2) is 29.2 Å². The molecule has 2 aromatic carbocycles. The summed E-state index contributed by atoms with van der Waals surface area (Å²) in [5, 5.41) is 4.68. The van der Waals surface area contributed by atoms with Gasteiger partial charge in [0.25, 0.3) is 11.8 Å². The first-order chi connectivity index (χ1) is 12.2. The van der Waals surface area contributed by atoms with Gasteiger partial charge in [-0.15, -0.1) is 0 Å². The number of halogens is 1. The Morgan fingerprint density at radius 3 is 2.68 bits per heavy atom. The van der Waals surface area contributed by atoms with Crippen molar-refractivity contribution >= 4 is 23.2 Å². The molecule has 1 aliphatic heterocycles. The molecule has 4 rings (SSSR count). The van der Waals surface area contributed by atoms with Crippen molar-refractivity contribution in [2.45, 2.75) is 6.92 Å². The van der Waals surface area contributed by atoms with Gasteiger partial charge in [0.05, 0.1) is 5.69 Å². The number of anilines is 1. The second-order valence-electron chi connectivity index (χ2n) is 5.54. The van der Waals surface area contributed by atoms with Crippen molar-refractivity contribution in [3.63, 3.8) is 0 Å². The third-order valence-electron chi connectivity index (χ3n) is 3.99. The number of ether oxygens (including phenoxy) is 1. The first-order valence-corrected chi connectivity index (χ1v) is 8.20. The van der Waals surface area contributed by atoms with E-state index in [1.807, 2.05) is 37.3 Å². The number of aromatic nitrogens is 2. The van der Waals surface area contributed by atoms with Gasteiger partial charge in [-0.25, -0.2) is 0 Å². The lowest BCUT2D eigenvalue weighted by Gasteiger charge is -2.28. The maximum absolute atomic E-state index is 12.0. The Bertz CT molecular complexity index is 937. The van der Waals surface area contributed by atoms with Crippen LogP contribution in [0.5, 0.6) is 5.75 Å². The molecule has 1 aliphatic rings. The summed E-state index contributed by atoms with van der Waals surface area (Å²) in [6, 6.07) is 12.7. The highest BCUT2D eigenvalue weighted by molar-refractivity contribution is 6.30. The molecular weight excluding hydrogens is 342 g/mol. The summed E-state index contributed by atoms with van der Waals surface area (Å²) in [4.78, 5) is 18.1. The van der Waals surface area contributed by atoms with E-state index in [2.05, 4.69) is 10.1 Å². The Labute approximate surface area is 149 Å². The maximum atomic E-state index is 12.0. The number of fused-ring (bicyclic) bond motifs is 1. The molecule has 126 valence electrons. The molecule has 0 bridgehead atoms. The molecule has 0 unspecified atom stereocenters. The molecule has 0 fully saturated rings. The molecule has 0 spiro atoms. The van der Waals surface area contributed by atoms with Crippen LogP contribution in [0.2, 0.25) is 5.02 Å². The van der Waals surface area contributed by atoms with Gasteiger partial charge in [0, 0.05) is 22.7 Å². The zero-order valence-corrected chi connectivity index (χ0v) is 14.2. The molecule has 7 heteroatoms. The molecule has 2 heterocycles. The highest BCUT2D eigenvalue weighted by atomic mass is 35.5. The molecular formula is C18H14ClN3O3. The van der Waals surface area contributed by atoms with E-state index in [-0.39, 0.29) is 12.5 Å². The predicted molar refractivity (Wildman–Crippen MR) is 93.7 cm³/mol. The number of rotatable bonds is 3. The zero-order chi connectivity index (χ0) is 17.4. The fourth-order valence-electron chi connectivity index (χ4n) is 2.74. The van der Waals surface area contributed by atoms with E-state index in [4.69, 9.17) is 20.9 Å². The molecule has 6 nitrogen and oxygen atoms in total. The fourth-order valence-corrected chi connectivity index (χ4v) is 2.86. The van der Waals surface area contributed by atoms with Crippen LogP contribution in [0.3, 0.4) is 0 Å². The average Bonchev–Trinajstić information content (AvgIpc) is 3.12. The molecule has 0 N–H and O–H groups in total. The van der Waals surface area contributed by atoms with Crippen LogP contribution in [0.15, 0.2) is 47.0 Å². The van der Waals surface area contributed by atoms with Gasteiger partial charge in [-0.2, -0.15) is 4.98 Å². The van der Waals surface area contributed by atoms with Crippen LogP contribution in [0, 0.1) is 0 Å². The van der Waals surface area contributed by atoms with Crippen LogP contribution in [0.4, 0.5) is 5.69 Å². The fraction of sp³-hybridized carbons (Fsp3) is 0.167. The number of hydrogen-bond donors (Lipinski definition) is 0. The summed E-state index contributed by atoms with van der Waals surface area (Å²) >= 11 is 5.90. The first-order valence-electron chi connectivity index (χ1n) is 7.83. The van der Waals surface area contributed by atoms with E-state index < -0.39 is 0 Å². The van der Waals surface area contributed by atoms with Crippen molar-refractivity contribution < 1.29 is 14.1 Å². The van der Waals surface area contributed by atoms with Crippen molar-refractivity contribution in [3.8, 4) is 28.6 Å². The van der Waals surface area contributed by atoms with Gasteiger partial charge in [0.1, 0.15) is 5.75 Å². The Morgan fingerprint density at radius 1 is 1.16 bits per heavy atom. The van der Waals surface area contributed by atoms with E-state index in [0.717, 1.165) is 11.1 Å². The van der Waals surface area contributed by atoms with Gasteiger partial charge in [-0.05, 0) is 49.4 Å². The summed E-state index contributed by atoms with van der Waals surface area (Å²) < 4.78 is 10.8. The van der Waals surface area contributed by atoms with Crippen LogP contribution < -0.4 is 9.64 Å². The molecule has 0 atom stereocenters. The van der Waals surface area contributed by atoms with Gasteiger partial charge < -0.3 is 14.2 Å². The number of carbonyl (C=O) groups excluding carboxylic acids is 1. The van der Waals surface area contributed by atoms with Crippen molar-refractivity contribution in [1.29, 1.82) is 0 Å². The van der Waals surface area contributed by atoms with Gasteiger partial charge in [-0.1, -0.05) is 16.8 Å². The standard InChI is InChI=1S/C18H14ClN3O3/c1-2-22-14-9-12(5-8-15(14)24-10-16(22)23)17-20-18(25-21-17)11-3-6-13(19)7-4-11/h3-9H,2,10H2,1H3. The predicted octanol–water partition coefficient (Wildman–Crippen LogP) is 3.80. The lowest BCUT2D eigenvalue weighted by Crippen LogP contribution is -2.38. The van der Waals surface area contributed by atoms with E-state index in [0.29, 0.717) is 34.7 Å². The molecule has 0 saturated carbocycles. The van der Waals surface area contributed by atoms with E-state index >= 15 is 0 Å². The number of likely N-dealkylation sites (N-methyl/N-ethyl adjacent to an activating group) is 1. The molecule has 1 aromatic heterocycles. The summed E-state index contributed by atoms with van der Waals surface area (Å²) in [5.41, 5.74) is 2.25. The molecule has 0 saturated heterocycles. The average molecular weight is 356 g/mol. The lowest BCUT2D eigenvalue weighted by molar-refractivity contribution is -0.121. The van der Waals surface area contributed by atoms with Gasteiger partial charge >= 0.3 is 0 Å². The molecule has 1 amide bonds. The van der Waals surface area contributed by atoms with Crippen molar-refractivity contribution in [1.82, 2.24) is 10.1 Å². The summed E-state index contributed by atoms with van der Waals surface area (Å²) in [5.74, 6) is 1.46.